The van der Waals surface area contributed by atoms with Gasteiger partial charge in [0.25, 0.3) is 0 Å². The van der Waals surface area contributed by atoms with Gasteiger partial charge in [0.2, 0.25) is 5.91 Å². The molecule has 10 nitrogen and oxygen atoms in total. The van der Waals surface area contributed by atoms with Gasteiger partial charge in [-0.15, -0.1) is 0 Å². The van der Waals surface area contributed by atoms with Crippen molar-refractivity contribution >= 4 is 18.0 Å². The molecule has 4 aromatic rings. The molecule has 0 radical (unpaired) electrons. The third-order valence-corrected chi connectivity index (χ3v) is 6.98. The van der Waals surface area contributed by atoms with Crippen molar-refractivity contribution in [2.45, 2.75) is 51.4 Å². The topological polar surface area (TPSA) is 132 Å². The van der Waals surface area contributed by atoms with E-state index in [1.807, 2.05) is 66.7 Å². The van der Waals surface area contributed by atoms with Crippen LogP contribution < -0.4 is 20.1 Å². The van der Waals surface area contributed by atoms with Gasteiger partial charge in [0.15, 0.2) is 11.5 Å². The molecule has 2 amide bonds. The maximum absolute atomic E-state index is 13.2. The van der Waals surface area contributed by atoms with Crippen LogP contribution in [0.1, 0.15) is 29.2 Å². The number of benzene rings is 4. The Morgan fingerprint density at radius 2 is 1.20 bits per heavy atom. The molecule has 0 fully saturated rings. The average Bonchev–Trinajstić information content (AvgIpc) is 3.08. The predicted molar refractivity (Wildman–Crippen MR) is 171 cm³/mol. The summed E-state index contributed by atoms with van der Waals surface area (Å²) in [5, 5.41) is 15.3. The summed E-state index contributed by atoms with van der Waals surface area (Å²) in [6.45, 7) is 1.93. The van der Waals surface area contributed by atoms with Gasteiger partial charge in [-0.25, -0.2) is 9.59 Å². The molecular weight excluding hydrogens is 588 g/mol. The van der Waals surface area contributed by atoms with Gasteiger partial charge in [-0.1, -0.05) is 97.1 Å². The van der Waals surface area contributed by atoms with Gasteiger partial charge in [-0.2, -0.15) is 0 Å². The van der Waals surface area contributed by atoms with Gasteiger partial charge >= 0.3 is 12.1 Å². The first-order valence-corrected chi connectivity index (χ1v) is 14.8. The first-order valence-electron chi connectivity index (χ1n) is 14.8. The largest absolute Gasteiger partial charge is 0.485 e. The summed E-state index contributed by atoms with van der Waals surface area (Å²) >= 11 is 0. The van der Waals surface area contributed by atoms with E-state index in [4.69, 9.17) is 18.9 Å². The molecule has 0 unspecified atom stereocenters. The van der Waals surface area contributed by atoms with Crippen LogP contribution in [0.25, 0.3) is 0 Å². The van der Waals surface area contributed by atoms with Crippen LogP contribution >= 0.6 is 0 Å². The van der Waals surface area contributed by atoms with Crippen molar-refractivity contribution in [1.29, 1.82) is 0 Å². The highest BCUT2D eigenvalue weighted by Gasteiger charge is 2.31. The number of methoxy groups -OCH3 is 1. The van der Waals surface area contributed by atoms with E-state index in [9.17, 15) is 19.5 Å². The predicted octanol–water partition coefficient (Wildman–Crippen LogP) is 4.72. The number of amides is 2. The summed E-state index contributed by atoms with van der Waals surface area (Å²) in [5.41, 5.74) is 3.35. The number of aliphatic hydroxyl groups excluding tert-OH is 1. The molecule has 10 heteroatoms. The molecule has 4 aromatic carbocycles. The number of nitrogens with one attached hydrogen (secondary N) is 2. The molecule has 3 N–H and O–H groups in total. The highest BCUT2D eigenvalue weighted by molar-refractivity contribution is 5.90. The van der Waals surface area contributed by atoms with E-state index in [-0.39, 0.29) is 19.6 Å². The summed E-state index contributed by atoms with van der Waals surface area (Å²) < 4.78 is 22.4. The molecule has 240 valence electrons. The molecule has 0 spiro atoms. The monoisotopic (exact) mass is 626 g/mol. The number of aliphatic hydroxyl groups is 1. The highest BCUT2D eigenvalue weighted by atomic mass is 16.5. The summed E-state index contributed by atoms with van der Waals surface area (Å²) in [6, 6.07) is 31.1. The quantitative estimate of drug-likeness (QED) is 0.162. The third kappa shape index (κ3) is 10.4. The third-order valence-electron chi connectivity index (χ3n) is 6.98. The van der Waals surface area contributed by atoms with Crippen molar-refractivity contribution in [3.63, 3.8) is 0 Å². The lowest BCUT2D eigenvalue weighted by Gasteiger charge is -2.24. The van der Waals surface area contributed by atoms with E-state index in [1.165, 1.54) is 14.0 Å². The van der Waals surface area contributed by atoms with Crippen molar-refractivity contribution in [3.8, 4) is 11.5 Å². The van der Waals surface area contributed by atoms with E-state index in [0.29, 0.717) is 23.7 Å². The van der Waals surface area contributed by atoms with E-state index >= 15 is 0 Å². The maximum atomic E-state index is 13.2. The van der Waals surface area contributed by atoms with Crippen LogP contribution in [0.5, 0.6) is 11.5 Å². The minimum absolute atomic E-state index is 0.0225. The Bertz CT molecular complexity index is 1550. The number of alkyl carbamates (subject to hydrolysis) is 1. The Labute approximate surface area is 268 Å². The second-order valence-corrected chi connectivity index (χ2v) is 10.5. The maximum Gasteiger partial charge on any atom is 0.408 e. The Morgan fingerprint density at radius 1 is 0.674 bits per heavy atom. The smallest absolute Gasteiger partial charge is 0.408 e. The minimum atomic E-state index is -1.39. The lowest BCUT2D eigenvalue weighted by molar-refractivity contribution is -0.145. The molecule has 4 rings (SSSR count). The lowest BCUT2D eigenvalue weighted by atomic mass is 10.0. The van der Waals surface area contributed by atoms with Crippen LogP contribution in [0.3, 0.4) is 0 Å². The van der Waals surface area contributed by atoms with Crippen molar-refractivity contribution < 1.29 is 38.4 Å². The van der Waals surface area contributed by atoms with Crippen molar-refractivity contribution in [2.24, 2.45) is 0 Å². The molecule has 0 aliphatic rings. The number of hydrogen-bond acceptors (Lipinski definition) is 8. The fourth-order valence-corrected chi connectivity index (χ4v) is 4.51. The van der Waals surface area contributed by atoms with Crippen LogP contribution in [-0.4, -0.2) is 48.4 Å². The van der Waals surface area contributed by atoms with Crippen molar-refractivity contribution in [2.75, 3.05) is 7.11 Å². The molecular formula is C36H38N2O8. The number of hydrogen-bond donors (Lipinski definition) is 3. The minimum Gasteiger partial charge on any atom is -0.485 e. The fourth-order valence-electron chi connectivity index (χ4n) is 4.51. The standard InChI is InChI=1S/C36H38N2O8/c1-25(39)33(38-36(42)46-24-28-16-10-5-11-17-28)34(40)37-30(35(41)43-2)20-29-18-19-31(44-22-26-12-6-3-7-13-26)32(21-29)45-23-27-14-8-4-9-15-27/h3-19,21,25,30,33,39H,20,22-24H2,1-2H3,(H,37,40)(H,38,42)/t25-,30+,33+/m1/s1. The molecule has 0 saturated heterocycles. The number of carbonyl (C=O) groups is 3. The normalized spacial score (nSPS) is 12.6. The van der Waals surface area contributed by atoms with Crippen LogP contribution in [-0.2, 0) is 45.3 Å². The molecule has 0 aliphatic heterocycles. The summed E-state index contributed by atoms with van der Waals surface area (Å²) in [4.78, 5) is 38.4. The number of ether oxygens (including phenoxy) is 4. The molecule has 0 aromatic heterocycles. The zero-order chi connectivity index (χ0) is 32.7. The number of carbonyl (C=O) groups excluding carboxylic acids is 3. The van der Waals surface area contributed by atoms with Crippen LogP contribution in [0, 0.1) is 0 Å². The van der Waals surface area contributed by atoms with Gasteiger partial charge in [0.1, 0.15) is 31.9 Å². The SMILES string of the molecule is COC(=O)[C@H](Cc1ccc(OCc2ccccc2)c(OCc2ccccc2)c1)NC(=O)[C@@H](NC(=O)OCc1ccccc1)[C@@H](C)O. The van der Waals surface area contributed by atoms with Crippen LogP contribution in [0.2, 0.25) is 0 Å². The Morgan fingerprint density at radius 3 is 1.72 bits per heavy atom. The summed E-state index contributed by atoms with van der Waals surface area (Å²) in [5.74, 6) is -0.530. The Balaban J connectivity index is 1.46. The number of rotatable bonds is 15. The summed E-state index contributed by atoms with van der Waals surface area (Å²) in [6.07, 6.45) is -2.16. The molecule has 0 saturated carbocycles. The van der Waals surface area contributed by atoms with Gasteiger partial charge in [0.05, 0.1) is 13.2 Å². The van der Waals surface area contributed by atoms with E-state index < -0.39 is 36.2 Å². The fraction of sp³-hybridized carbons (Fsp3) is 0.250. The first-order chi connectivity index (χ1) is 22.3. The van der Waals surface area contributed by atoms with E-state index in [0.717, 1.165) is 16.7 Å². The zero-order valence-corrected chi connectivity index (χ0v) is 25.8. The number of esters is 1. The highest BCUT2D eigenvalue weighted by Crippen LogP contribution is 2.31. The van der Waals surface area contributed by atoms with Crippen LogP contribution in [0.4, 0.5) is 4.79 Å². The molecule has 46 heavy (non-hydrogen) atoms. The summed E-state index contributed by atoms with van der Waals surface area (Å²) in [7, 11) is 1.21. The molecule has 3 atom stereocenters. The van der Waals surface area contributed by atoms with Gasteiger partial charge in [-0.05, 0) is 41.3 Å². The average molecular weight is 627 g/mol. The van der Waals surface area contributed by atoms with Crippen molar-refractivity contribution in [1.82, 2.24) is 10.6 Å². The Kier molecular flexibility index (Phi) is 12.6. The van der Waals surface area contributed by atoms with Gasteiger partial charge in [0, 0.05) is 6.42 Å². The molecule has 0 heterocycles. The zero-order valence-electron chi connectivity index (χ0n) is 25.8. The lowest BCUT2D eigenvalue weighted by Crippen LogP contribution is -2.56. The molecule has 0 bridgehead atoms. The van der Waals surface area contributed by atoms with Crippen LogP contribution in [0.15, 0.2) is 109 Å². The Hall–Kier alpha value is -5.35. The van der Waals surface area contributed by atoms with Crippen molar-refractivity contribution in [3.05, 3.63) is 131 Å². The van der Waals surface area contributed by atoms with Gasteiger partial charge < -0.3 is 34.7 Å². The second kappa shape index (κ2) is 17.2. The van der Waals surface area contributed by atoms with Gasteiger partial charge in [-0.3, -0.25) is 4.79 Å². The van der Waals surface area contributed by atoms with E-state index in [2.05, 4.69) is 10.6 Å². The second-order valence-electron chi connectivity index (χ2n) is 10.5. The first kappa shape index (κ1) is 33.5. The van der Waals surface area contributed by atoms with E-state index in [1.54, 1.807) is 42.5 Å². The molecule has 0 aliphatic carbocycles.